The second-order valence-corrected chi connectivity index (χ2v) is 13.8. The molecule has 1 aromatic carbocycles. The van der Waals surface area contributed by atoms with E-state index in [9.17, 15) is 13.2 Å². The van der Waals surface area contributed by atoms with Gasteiger partial charge in [-0.05, 0) is 62.9 Å². The Hall–Kier alpha value is -4.90. The summed E-state index contributed by atoms with van der Waals surface area (Å²) in [6.45, 7) is 15.5. The fraction of sp³-hybridized carbons (Fsp3) is 0.375. The van der Waals surface area contributed by atoms with Crippen molar-refractivity contribution in [3.05, 3.63) is 114 Å². The molecule has 0 spiro atoms. The van der Waals surface area contributed by atoms with Crippen LogP contribution in [0.25, 0.3) is 33.5 Å². The van der Waals surface area contributed by atoms with Gasteiger partial charge in [-0.2, -0.15) is 27.9 Å². The molecule has 266 valence electrons. The minimum atomic E-state index is -4.35. The summed E-state index contributed by atoms with van der Waals surface area (Å²) in [5, 5.41) is 12.9. The van der Waals surface area contributed by atoms with Crippen LogP contribution in [0.2, 0.25) is 0 Å². The molecule has 0 radical (unpaired) electrons. The number of alkyl halides is 3. The van der Waals surface area contributed by atoms with Gasteiger partial charge < -0.3 is 0 Å². The van der Waals surface area contributed by atoms with Crippen molar-refractivity contribution in [2.75, 3.05) is 13.1 Å². The van der Waals surface area contributed by atoms with E-state index in [1.165, 1.54) is 17.7 Å². The zero-order valence-corrected chi connectivity index (χ0v) is 29.8. The molecule has 1 fully saturated rings. The van der Waals surface area contributed by atoms with E-state index in [0.29, 0.717) is 11.4 Å². The fourth-order valence-electron chi connectivity index (χ4n) is 6.76. The van der Waals surface area contributed by atoms with Gasteiger partial charge in [0.2, 0.25) is 0 Å². The number of H-pyrrole nitrogens is 1. The van der Waals surface area contributed by atoms with Crippen molar-refractivity contribution < 1.29 is 13.2 Å². The Kier molecular flexibility index (Phi) is 10.7. The number of pyridine rings is 1. The number of allylic oxidation sites excluding steroid dienone is 7. The number of aromatic amines is 1. The van der Waals surface area contributed by atoms with Crippen molar-refractivity contribution in [1.82, 2.24) is 39.7 Å². The van der Waals surface area contributed by atoms with Gasteiger partial charge in [-0.15, -0.1) is 0 Å². The van der Waals surface area contributed by atoms with Crippen molar-refractivity contribution >= 4 is 22.3 Å². The number of rotatable bonds is 11. The van der Waals surface area contributed by atoms with Gasteiger partial charge in [-0.3, -0.25) is 10.00 Å². The molecule has 0 aliphatic carbocycles. The van der Waals surface area contributed by atoms with Crippen LogP contribution < -0.4 is 0 Å². The van der Waals surface area contributed by atoms with Crippen molar-refractivity contribution in [3.63, 3.8) is 0 Å². The average molecular weight is 695 g/mol. The number of likely N-dealkylation sites (tertiary alicyclic amines) is 1. The maximum Gasteiger partial charge on any atom is 0.395 e. The van der Waals surface area contributed by atoms with Crippen LogP contribution in [0.1, 0.15) is 80.8 Å². The minimum absolute atomic E-state index is 0.126. The Morgan fingerprint density at radius 3 is 2.47 bits per heavy atom. The Morgan fingerprint density at radius 2 is 1.80 bits per heavy atom. The molecular weight excluding hydrogens is 649 g/mol. The molecule has 1 aliphatic heterocycles. The SMILES string of the molecule is C=CC(=CC(C(C)C)C(F)(F)F)c1n[nH]c(C2CCN(Cc3ccc(-c4nc5c(cnc6cc(C)nn65)cc4C(C)C=CC=CC)cc3)CC2)n1. The summed E-state index contributed by atoms with van der Waals surface area (Å²) >= 11 is 0. The first-order valence-electron chi connectivity index (χ1n) is 17.6. The third-order valence-electron chi connectivity index (χ3n) is 9.65. The van der Waals surface area contributed by atoms with E-state index in [2.05, 4.69) is 86.2 Å². The third kappa shape index (κ3) is 8.04. The highest BCUT2D eigenvalue weighted by atomic mass is 19.4. The van der Waals surface area contributed by atoms with E-state index in [4.69, 9.17) is 4.98 Å². The van der Waals surface area contributed by atoms with Gasteiger partial charge in [0, 0.05) is 47.2 Å². The molecule has 51 heavy (non-hydrogen) atoms. The lowest BCUT2D eigenvalue weighted by molar-refractivity contribution is -0.170. The monoisotopic (exact) mass is 694 g/mol. The van der Waals surface area contributed by atoms with E-state index < -0.39 is 18.0 Å². The summed E-state index contributed by atoms with van der Waals surface area (Å²) in [6, 6.07) is 12.8. The average Bonchev–Trinajstić information content (AvgIpc) is 3.75. The number of benzene rings is 1. The summed E-state index contributed by atoms with van der Waals surface area (Å²) in [4.78, 5) is 16.8. The van der Waals surface area contributed by atoms with E-state index in [1.54, 1.807) is 13.8 Å². The zero-order chi connectivity index (χ0) is 36.3. The first-order chi connectivity index (χ1) is 24.4. The number of hydrogen-bond acceptors (Lipinski definition) is 6. The normalized spacial score (nSPS) is 16.7. The second kappa shape index (κ2) is 15.1. The third-order valence-corrected chi connectivity index (χ3v) is 9.65. The molecule has 0 amide bonds. The van der Waals surface area contributed by atoms with Gasteiger partial charge >= 0.3 is 6.18 Å². The molecule has 8 nitrogen and oxygen atoms in total. The van der Waals surface area contributed by atoms with Crippen molar-refractivity contribution in [2.45, 2.75) is 72.0 Å². The smallest absolute Gasteiger partial charge is 0.299 e. The van der Waals surface area contributed by atoms with Crippen molar-refractivity contribution in [3.8, 4) is 11.3 Å². The van der Waals surface area contributed by atoms with E-state index in [-0.39, 0.29) is 17.7 Å². The molecule has 4 aromatic heterocycles. The summed E-state index contributed by atoms with van der Waals surface area (Å²) in [5.74, 6) is -0.963. The number of piperidine rings is 1. The van der Waals surface area contributed by atoms with E-state index in [1.807, 2.05) is 42.8 Å². The van der Waals surface area contributed by atoms with Gasteiger partial charge in [-0.1, -0.05) is 88.1 Å². The van der Waals surface area contributed by atoms with Crippen LogP contribution in [-0.2, 0) is 6.54 Å². The second-order valence-electron chi connectivity index (χ2n) is 13.8. The quantitative estimate of drug-likeness (QED) is 0.139. The predicted octanol–water partition coefficient (Wildman–Crippen LogP) is 9.39. The van der Waals surface area contributed by atoms with Crippen LogP contribution in [0.3, 0.4) is 0 Å². The van der Waals surface area contributed by atoms with Crippen LogP contribution in [0, 0.1) is 18.8 Å². The topological polar surface area (TPSA) is 87.9 Å². The van der Waals surface area contributed by atoms with Gasteiger partial charge in [0.25, 0.3) is 0 Å². The van der Waals surface area contributed by atoms with Gasteiger partial charge in [0.15, 0.2) is 17.1 Å². The summed E-state index contributed by atoms with van der Waals surface area (Å²) in [5.41, 5.74) is 7.03. The number of fused-ring (bicyclic) bond motifs is 3. The molecule has 5 aromatic rings. The number of nitrogens with zero attached hydrogens (tertiary/aromatic N) is 7. The van der Waals surface area contributed by atoms with Gasteiger partial charge in [0.05, 0.1) is 17.3 Å². The van der Waals surface area contributed by atoms with Crippen molar-refractivity contribution in [2.24, 2.45) is 11.8 Å². The van der Waals surface area contributed by atoms with Crippen LogP contribution >= 0.6 is 0 Å². The number of aromatic nitrogens is 7. The van der Waals surface area contributed by atoms with Crippen LogP contribution in [0.5, 0.6) is 0 Å². The summed E-state index contributed by atoms with van der Waals surface area (Å²) < 4.78 is 42.7. The van der Waals surface area contributed by atoms with Crippen molar-refractivity contribution in [1.29, 1.82) is 0 Å². The van der Waals surface area contributed by atoms with Crippen LogP contribution in [-0.4, -0.2) is 58.9 Å². The highest BCUT2D eigenvalue weighted by molar-refractivity contribution is 5.82. The summed E-state index contributed by atoms with van der Waals surface area (Å²) in [6.07, 6.45) is 10.2. The van der Waals surface area contributed by atoms with Gasteiger partial charge in [0.1, 0.15) is 5.82 Å². The first kappa shape index (κ1) is 35.9. The largest absolute Gasteiger partial charge is 0.395 e. The Bertz CT molecular complexity index is 2080. The maximum absolute atomic E-state index is 13.6. The molecule has 1 saturated heterocycles. The zero-order valence-electron chi connectivity index (χ0n) is 29.8. The predicted molar refractivity (Wildman–Crippen MR) is 197 cm³/mol. The minimum Gasteiger partial charge on any atom is -0.299 e. The molecule has 0 saturated carbocycles. The Morgan fingerprint density at radius 1 is 1.06 bits per heavy atom. The highest BCUT2D eigenvalue weighted by Crippen LogP contribution is 2.36. The first-order valence-corrected chi connectivity index (χ1v) is 17.6. The highest BCUT2D eigenvalue weighted by Gasteiger charge is 2.40. The number of hydrogen-bond donors (Lipinski definition) is 1. The molecule has 1 N–H and O–H groups in total. The molecular formula is C40H45F3N8. The number of nitrogens with one attached hydrogen (secondary N) is 1. The van der Waals surface area contributed by atoms with Crippen LogP contribution in [0.4, 0.5) is 13.2 Å². The number of aryl methyl sites for hydroxylation is 1. The van der Waals surface area contributed by atoms with E-state index in [0.717, 1.165) is 71.7 Å². The lowest BCUT2D eigenvalue weighted by Gasteiger charge is -2.31. The Balaban J connectivity index is 1.16. The molecule has 5 heterocycles. The molecule has 6 rings (SSSR count). The number of halogens is 3. The standard InChI is InChI=1S/C40H45F3N8/c1-7-9-10-11-26(5)33-21-32-23-44-35-20-27(6)49-51(35)39(32)45-36(33)30-14-12-28(13-15-30)24-50-18-16-31(17-19-50)38-46-37(47-48-38)29(8-2)22-34(25(3)4)40(41,42)43/h7-15,20-23,25-26,31,34H,2,16-19,24H2,1,3-6H3,(H,46,47,48). The molecule has 2 unspecified atom stereocenters. The van der Waals surface area contributed by atoms with E-state index >= 15 is 0 Å². The lowest BCUT2D eigenvalue weighted by Crippen LogP contribution is -2.32. The van der Waals surface area contributed by atoms with Gasteiger partial charge in [-0.25, -0.2) is 15.0 Å². The van der Waals surface area contributed by atoms with Crippen LogP contribution in [0.15, 0.2) is 85.6 Å². The summed E-state index contributed by atoms with van der Waals surface area (Å²) in [7, 11) is 0. The maximum atomic E-state index is 13.6. The molecule has 11 heteroatoms. The fourth-order valence-corrected chi connectivity index (χ4v) is 6.76. The molecule has 2 atom stereocenters. The Labute approximate surface area is 296 Å². The lowest BCUT2D eigenvalue weighted by atomic mass is 9.92. The molecule has 1 aliphatic rings. The molecule has 0 bridgehead atoms.